The fourth-order valence-electron chi connectivity index (χ4n) is 4.84. The molecule has 2 amide bonds. The highest BCUT2D eigenvalue weighted by Gasteiger charge is 2.38. The van der Waals surface area contributed by atoms with E-state index in [1.807, 2.05) is 4.90 Å². The molecule has 1 atom stereocenters. The van der Waals surface area contributed by atoms with Crippen molar-refractivity contribution in [3.8, 4) is 0 Å². The Hall–Kier alpha value is -1.59. The molecule has 6 heteroatoms. The van der Waals surface area contributed by atoms with Crippen LogP contribution in [-0.4, -0.2) is 46.4 Å². The summed E-state index contributed by atoms with van der Waals surface area (Å²) in [4.78, 5) is 38.3. The molecule has 28 heavy (non-hydrogen) atoms. The minimum atomic E-state index is -0.845. The van der Waals surface area contributed by atoms with E-state index in [9.17, 15) is 19.5 Å². The summed E-state index contributed by atoms with van der Waals surface area (Å²) in [6, 6.07) is 0.426. The molecule has 3 aliphatic carbocycles. The van der Waals surface area contributed by atoms with E-state index in [1.54, 1.807) is 6.92 Å². The van der Waals surface area contributed by atoms with Crippen LogP contribution in [0.1, 0.15) is 84.0 Å². The van der Waals surface area contributed by atoms with Crippen LogP contribution >= 0.6 is 0 Å². The number of carboxylic acid groups (broad SMARTS) is 1. The Morgan fingerprint density at radius 3 is 2.18 bits per heavy atom. The van der Waals surface area contributed by atoms with Gasteiger partial charge < -0.3 is 15.3 Å². The highest BCUT2D eigenvalue weighted by atomic mass is 16.4. The summed E-state index contributed by atoms with van der Waals surface area (Å²) in [5, 5.41) is 12.4. The molecule has 0 aromatic carbocycles. The summed E-state index contributed by atoms with van der Waals surface area (Å²) in [6.45, 7) is 1.99. The number of aliphatic carboxylic acids is 1. The van der Waals surface area contributed by atoms with Gasteiger partial charge in [0, 0.05) is 31.0 Å². The number of carbonyl (C=O) groups is 3. The first-order valence-electron chi connectivity index (χ1n) is 11.3. The van der Waals surface area contributed by atoms with E-state index in [2.05, 4.69) is 5.32 Å². The van der Waals surface area contributed by atoms with E-state index in [-0.39, 0.29) is 29.8 Å². The zero-order valence-corrected chi connectivity index (χ0v) is 17.2. The van der Waals surface area contributed by atoms with Crippen LogP contribution in [0.5, 0.6) is 0 Å². The lowest BCUT2D eigenvalue weighted by Crippen LogP contribution is -2.45. The topological polar surface area (TPSA) is 86.7 Å². The molecule has 0 bridgehead atoms. The van der Waals surface area contributed by atoms with Crippen molar-refractivity contribution in [2.45, 2.75) is 96.1 Å². The summed E-state index contributed by atoms with van der Waals surface area (Å²) in [5.41, 5.74) is 0. The number of nitrogens with one attached hydrogen (secondary N) is 1. The van der Waals surface area contributed by atoms with E-state index in [0.29, 0.717) is 18.9 Å². The first-order chi connectivity index (χ1) is 13.4. The molecule has 1 unspecified atom stereocenters. The molecule has 6 nitrogen and oxygen atoms in total. The number of carboxylic acids is 1. The molecular formula is C22H36N2O4. The first kappa shape index (κ1) is 21.1. The molecule has 0 radical (unpaired) electrons. The predicted octanol–water partition coefficient (Wildman–Crippen LogP) is 3.34. The number of hydrogen-bond acceptors (Lipinski definition) is 3. The lowest BCUT2D eigenvalue weighted by atomic mass is 9.84. The molecule has 158 valence electrons. The molecule has 2 N–H and O–H groups in total. The Morgan fingerprint density at radius 2 is 1.61 bits per heavy atom. The third kappa shape index (κ3) is 5.95. The van der Waals surface area contributed by atoms with Crippen molar-refractivity contribution in [3.05, 3.63) is 0 Å². The third-order valence-corrected chi connectivity index (χ3v) is 6.80. The summed E-state index contributed by atoms with van der Waals surface area (Å²) < 4.78 is 0. The highest BCUT2D eigenvalue weighted by molar-refractivity contribution is 5.81. The molecule has 3 fully saturated rings. The lowest BCUT2D eigenvalue weighted by Gasteiger charge is -2.33. The van der Waals surface area contributed by atoms with E-state index >= 15 is 0 Å². The molecule has 0 saturated heterocycles. The van der Waals surface area contributed by atoms with Crippen LogP contribution in [0.15, 0.2) is 0 Å². The van der Waals surface area contributed by atoms with Crippen molar-refractivity contribution >= 4 is 17.8 Å². The van der Waals surface area contributed by atoms with Gasteiger partial charge in [-0.3, -0.25) is 14.4 Å². The van der Waals surface area contributed by atoms with Crippen LogP contribution in [0.25, 0.3) is 0 Å². The van der Waals surface area contributed by atoms with E-state index in [4.69, 9.17) is 0 Å². The maximum absolute atomic E-state index is 13.0. The van der Waals surface area contributed by atoms with Crippen LogP contribution in [0, 0.1) is 17.8 Å². The van der Waals surface area contributed by atoms with Gasteiger partial charge in [-0.2, -0.15) is 0 Å². The summed E-state index contributed by atoms with van der Waals surface area (Å²) in [7, 11) is 0. The number of carbonyl (C=O) groups excluding carboxylic acids is 2. The minimum Gasteiger partial charge on any atom is -0.481 e. The van der Waals surface area contributed by atoms with Crippen LogP contribution in [0.2, 0.25) is 0 Å². The Balaban J connectivity index is 1.42. The maximum atomic E-state index is 13.0. The van der Waals surface area contributed by atoms with Crippen molar-refractivity contribution in [3.63, 3.8) is 0 Å². The van der Waals surface area contributed by atoms with Gasteiger partial charge >= 0.3 is 5.97 Å². The monoisotopic (exact) mass is 392 g/mol. The third-order valence-electron chi connectivity index (χ3n) is 6.80. The largest absolute Gasteiger partial charge is 0.481 e. The second kappa shape index (κ2) is 9.75. The van der Waals surface area contributed by atoms with Crippen LogP contribution in [0.3, 0.4) is 0 Å². The number of hydrogen-bond donors (Lipinski definition) is 2. The fourth-order valence-corrected chi connectivity index (χ4v) is 4.84. The van der Waals surface area contributed by atoms with Gasteiger partial charge in [0.1, 0.15) is 0 Å². The normalized spacial score (nSPS) is 27.0. The summed E-state index contributed by atoms with van der Waals surface area (Å²) >= 11 is 0. The number of rotatable bonds is 8. The molecular weight excluding hydrogens is 356 g/mol. The predicted molar refractivity (Wildman–Crippen MR) is 107 cm³/mol. The van der Waals surface area contributed by atoms with Crippen molar-refractivity contribution in [2.75, 3.05) is 6.54 Å². The number of amides is 2. The molecule has 0 heterocycles. The molecule has 3 rings (SSSR count). The lowest BCUT2D eigenvalue weighted by molar-refractivity contribution is -0.144. The number of nitrogens with zero attached hydrogens (tertiary/aromatic N) is 1. The van der Waals surface area contributed by atoms with Crippen LogP contribution in [0.4, 0.5) is 0 Å². The van der Waals surface area contributed by atoms with Crippen molar-refractivity contribution in [1.82, 2.24) is 10.2 Å². The Morgan fingerprint density at radius 1 is 0.964 bits per heavy atom. The zero-order chi connectivity index (χ0) is 20.1. The molecule has 3 aliphatic rings. The minimum absolute atomic E-state index is 0.0203. The average molecular weight is 393 g/mol. The fraction of sp³-hybridized carbons (Fsp3) is 0.864. The highest BCUT2D eigenvalue weighted by Crippen LogP contribution is 2.33. The van der Waals surface area contributed by atoms with Crippen LogP contribution < -0.4 is 5.32 Å². The maximum Gasteiger partial charge on any atom is 0.308 e. The Bertz CT molecular complexity index is 561. The molecule has 0 spiro atoms. The summed E-state index contributed by atoms with van der Waals surface area (Å²) in [6.07, 6.45) is 12.1. The average Bonchev–Trinajstić information content (AvgIpc) is 3.51. The van der Waals surface area contributed by atoms with Crippen molar-refractivity contribution < 1.29 is 19.5 Å². The molecule has 0 aromatic rings. The quantitative estimate of drug-likeness (QED) is 0.663. The van der Waals surface area contributed by atoms with Gasteiger partial charge in [-0.25, -0.2) is 0 Å². The van der Waals surface area contributed by atoms with E-state index < -0.39 is 11.9 Å². The first-order valence-corrected chi connectivity index (χ1v) is 11.3. The van der Waals surface area contributed by atoms with Crippen molar-refractivity contribution in [1.29, 1.82) is 0 Å². The van der Waals surface area contributed by atoms with E-state index in [0.717, 1.165) is 38.5 Å². The van der Waals surface area contributed by atoms with Gasteiger partial charge in [0.25, 0.3) is 0 Å². The van der Waals surface area contributed by atoms with Gasteiger partial charge in [0.15, 0.2) is 0 Å². The molecule has 3 saturated carbocycles. The standard InChI is InChI=1S/C22H36N2O4/c1-15(22(27)28)14-24(19-11-12-19)21(26)17-7-9-18(10-8-17)23-20(25)13-16-5-3-2-4-6-16/h15-19H,2-14H2,1H3,(H,23,25)(H,27,28). The van der Waals surface area contributed by atoms with Gasteiger partial charge in [-0.1, -0.05) is 26.2 Å². The second-order valence-corrected chi connectivity index (χ2v) is 9.29. The van der Waals surface area contributed by atoms with Gasteiger partial charge in [0.2, 0.25) is 11.8 Å². The second-order valence-electron chi connectivity index (χ2n) is 9.29. The van der Waals surface area contributed by atoms with E-state index in [1.165, 1.54) is 32.1 Å². The Labute approximate surface area is 168 Å². The van der Waals surface area contributed by atoms with Gasteiger partial charge in [0.05, 0.1) is 5.92 Å². The SMILES string of the molecule is CC(CN(C(=O)C1CCC(NC(=O)CC2CCCCC2)CC1)C1CC1)C(=O)O. The van der Waals surface area contributed by atoms with Gasteiger partial charge in [-0.15, -0.1) is 0 Å². The van der Waals surface area contributed by atoms with Gasteiger partial charge in [-0.05, 0) is 57.3 Å². The Kier molecular flexibility index (Phi) is 7.36. The zero-order valence-electron chi connectivity index (χ0n) is 17.2. The van der Waals surface area contributed by atoms with Crippen LogP contribution in [-0.2, 0) is 14.4 Å². The smallest absolute Gasteiger partial charge is 0.308 e. The molecule has 0 aromatic heterocycles. The summed E-state index contributed by atoms with van der Waals surface area (Å²) in [5.74, 6) is -0.537. The van der Waals surface area contributed by atoms with Crippen molar-refractivity contribution in [2.24, 2.45) is 17.8 Å². The molecule has 0 aliphatic heterocycles.